The molecule has 0 spiro atoms. The highest BCUT2D eigenvalue weighted by Gasteiger charge is 2.17. The summed E-state index contributed by atoms with van der Waals surface area (Å²) in [6, 6.07) is 8.42. The molecule has 0 heterocycles. The van der Waals surface area contributed by atoms with Gasteiger partial charge in [-0.05, 0) is 18.2 Å². The van der Waals surface area contributed by atoms with E-state index >= 15 is 0 Å². The zero-order valence-corrected chi connectivity index (χ0v) is 12.2. The van der Waals surface area contributed by atoms with Crippen molar-refractivity contribution in [3.63, 3.8) is 0 Å². The smallest absolute Gasteiger partial charge is 0.257 e. The van der Waals surface area contributed by atoms with Gasteiger partial charge in [0.25, 0.3) is 5.91 Å². The van der Waals surface area contributed by atoms with Crippen LogP contribution in [0.2, 0.25) is 0 Å². The molecule has 2 aromatic rings. The van der Waals surface area contributed by atoms with E-state index in [-0.39, 0.29) is 6.54 Å². The number of methoxy groups -OCH3 is 2. The summed E-state index contributed by atoms with van der Waals surface area (Å²) < 4.78 is 37.5. The monoisotopic (exact) mass is 307 g/mol. The quantitative estimate of drug-likeness (QED) is 0.924. The van der Waals surface area contributed by atoms with Crippen molar-refractivity contribution in [3.8, 4) is 11.5 Å². The van der Waals surface area contributed by atoms with Crippen LogP contribution in [0.5, 0.6) is 11.5 Å². The second-order valence-corrected chi connectivity index (χ2v) is 4.43. The normalized spacial score (nSPS) is 10.2. The van der Waals surface area contributed by atoms with E-state index in [1.165, 1.54) is 20.3 Å². The molecule has 0 bridgehead atoms. The van der Waals surface area contributed by atoms with Crippen LogP contribution in [0.3, 0.4) is 0 Å². The first-order valence-corrected chi connectivity index (χ1v) is 6.50. The summed E-state index contributed by atoms with van der Waals surface area (Å²) in [6.45, 7) is 0.0486. The number of carbonyl (C=O) groups excluding carboxylic acids is 1. The largest absolute Gasteiger partial charge is 0.493 e. The predicted octanol–water partition coefficient (Wildman–Crippen LogP) is 2.91. The van der Waals surface area contributed by atoms with E-state index < -0.39 is 23.1 Å². The number of rotatable bonds is 5. The van der Waals surface area contributed by atoms with Crippen LogP contribution in [0.25, 0.3) is 0 Å². The maximum Gasteiger partial charge on any atom is 0.257 e. The van der Waals surface area contributed by atoms with Gasteiger partial charge in [-0.25, -0.2) is 8.78 Å². The van der Waals surface area contributed by atoms with Gasteiger partial charge < -0.3 is 14.8 Å². The zero-order chi connectivity index (χ0) is 16.1. The molecule has 0 atom stereocenters. The first-order chi connectivity index (χ1) is 10.6. The molecule has 0 aliphatic heterocycles. The van der Waals surface area contributed by atoms with Crippen LogP contribution >= 0.6 is 0 Å². The summed E-state index contributed by atoms with van der Waals surface area (Å²) in [5, 5.41) is 2.47. The third-order valence-corrected chi connectivity index (χ3v) is 3.11. The summed E-state index contributed by atoms with van der Waals surface area (Å²) in [6.07, 6.45) is 0. The van der Waals surface area contributed by atoms with Crippen LogP contribution < -0.4 is 14.8 Å². The Morgan fingerprint density at radius 2 is 1.68 bits per heavy atom. The summed E-state index contributed by atoms with van der Waals surface area (Å²) in [7, 11) is 2.97. The Balaban J connectivity index is 2.18. The van der Waals surface area contributed by atoms with Gasteiger partial charge in [-0.1, -0.05) is 18.2 Å². The molecule has 0 radical (unpaired) electrons. The SMILES string of the molecule is COc1cccc(CNC(=O)c2c(F)cccc2F)c1OC. The lowest BCUT2D eigenvalue weighted by atomic mass is 10.1. The summed E-state index contributed by atoms with van der Waals surface area (Å²) in [5.74, 6) is -1.68. The molecular formula is C16H15F2NO3. The topological polar surface area (TPSA) is 47.6 Å². The van der Waals surface area contributed by atoms with E-state index in [1.807, 2.05) is 0 Å². The van der Waals surface area contributed by atoms with Gasteiger partial charge in [0.15, 0.2) is 11.5 Å². The third-order valence-electron chi connectivity index (χ3n) is 3.11. The first kappa shape index (κ1) is 15.8. The molecule has 0 aromatic heterocycles. The molecule has 6 heteroatoms. The van der Waals surface area contributed by atoms with Crippen molar-refractivity contribution < 1.29 is 23.0 Å². The van der Waals surface area contributed by atoms with Gasteiger partial charge in [-0.3, -0.25) is 4.79 Å². The van der Waals surface area contributed by atoms with Gasteiger partial charge in [0, 0.05) is 12.1 Å². The third kappa shape index (κ3) is 3.16. The Kier molecular flexibility index (Phi) is 4.93. The molecule has 0 unspecified atom stereocenters. The fourth-order valence-electron chi connectivity index (χ4n) is 2.07. The Morgan fingerprint density at radius 3 is 2.27 bits per heavy atom. The van der Waals surface area contributed by atoms with Crippen LogP contribution in [0.4, 0.5) is 8.78 Å². The first-order valence-electron chi connectivity index (χ1n) is 6.50. The van der Waals surface area contributed by atoms with Crippen molar-refractivity contribution >= 4 is 5.91 Å². The van der Waals surface area contributed by atoms with Crippen LogP contribution in [0, 0.1) is 11.6 Å². The fraction of sp³-hybridized carbons (Fsp3) is 0.188. The van der Waals surface area contributed by atoms with Crippen molar-refractivity contribution in [2.75, 3.05) is 14.2 Å². The lowest BCUT2D eigenvalue weighted by molar-refractivity contribution is 0.0942. The number of ether oxygens (including phenoxy) is 2. The average Bonchev–Trinajstić information content (AvgIpc) is 2.52. The molecule has 2 aromatic carbocycles. The van der Waals surface area contributed by atoms with Gasteiger partial charge >= 0.3 is 0 Å². The molecule has 0 aliphatic rings. The molecular weight excluding hydrogens is 292 g/mol. The number of benzene rings is 2. The molecule has 1 N–H and O–H groups in total. The summed E-state index contributed by atoms with van der Waals surface area (Å²) >= 11 is 0. The second-order valence-electron chi connectivity index (χ2n) is 4.43. The highest BCUT2D eigenvalue weighted by Crippen LogP contribution is 2.30. The lowest BCUT2D eigenvalue weighted by Gasteiger charge is -2.13. The predicted molar refractivity (Wildman–Crippen MR) is 77.1 cm³/mol. The number of para-hydroxylation sites is 1. The summed E-state index contributed by atoms with van der Waals surface area (Å²) in [5.41, 5.74) is 0.0244. The van der Waals surface area contributed by atoms with Crippen molar-refractivity contribution in [1.29, 1.82) is 0 Å². The lowest BCUT2D eigenvalue weighted by Crippen LogP contribution is -2.25. The minimum absolute atomic E-state index is 0.0486. The van der Waals surface area contributed by atoms with Crippen LogP contribution in [0.1, 0.15) is 15.9 Å². The van der Waals surface area contributed by atoms with Gasteiger partial charge in [0.2, 0.25) is 0 Å². The van der Waals surface area contributed by atoms with Crippen LogP contribution in [-0.2, 0) is 6.54 Å². The number of amides is 1. The summed E-state index contributed by atoms with van der Waals surface area (Å²) in [4.78, 5) is 12.0. The standard InChI is InChI=1S/C16H15F2NO3/c1-21-13-8-3-5-10(15(13)22-2)9-19-16(20)14-11(17)6-4-7-12(14)18/h3-8H,9H2,1-2H3,(H,19,20). The van der Waals surface area contributed by atoms with Gasteiger partial charge in [0.05, 0.1) is 14.2 Å². The van der Waals surface area contributed by atoms with Crippen LogP contribution in [0.15, 0.2) is 36.4 Å². The van der Waals surface area contributed by atoms with Crippen molar-refractivity contribution in [1.82, 2.24) is 5.32 Å². The Hall–Kier alpha value is -2.63. The van der Waals surface area contributed by atoms with Crippen LogP contribution in [-0.4, -0.2) is 20.1 Å². The molecule has 0 aliphatic carbocycles. The Labute approximate surface area is 126 Å². The Bertz CT molecular complexity index is 669. The number of carbonyl (C=O) groups is 1. The number of halogens is 2. The Morgan fingerprint density at radius 1 is 1.05 bits per heavy atom. The maximum absolute atomic E-state index is 13.5. The van der Waals surface area contributed by atoms with Gasteiger partial charge in [-0.15, -0.1) is 0 Å². The maximum atomic E-state index is 13.5. The second kappa shape index (κ2) is 6.89. The fourth-order valence-corrected chi connectivity index (χ4v) is 2.07. The molecule has 2 rings (SSSR count). The van der Waals surface area contributed by atoms with E-state index in [9.17, 15) is 13.6 Å². The van der Waals surface area contributed by atoms with E-state index in [0.717, 1.165) is 12.1 Å². The van der Waals surface area contributed by atoms with Crippen molar-refractivity contribution in [2.24, 2.45) is 0 Å². The van der Waals surface area contributed by atoms with Crippen molar-refractivity contribution in [2.45, 2.75) is 6.54 Å². The van der Waals surface area contributed by atoms with E-state index in [2.05, 4.69) is 5.32 Å². The van der Waals surface area contributed by atoms with E-state index in [4.69, 9.17) is 9.47 Å². The molecule has 0 fully saturated rings. The minimum Gasteiger partial charge on any atom is -0.493 e. The zero-order valence-electron chi connectivity index (χ0n) is 12.2. The van der Waals surface area contributed by atoms with E-state index in [0.29, 0.717) is 17.1 Å². The molecule has 4 nitrogen and oxygen atoms in total. The molecule has 116 valence electrons. The minimum atomic E-state index is -0.907. The number of hydrogen-bond acceptors (Lipinski definition) is 3. The highest BCUT2D eigenvalue weighted by molar-refractivity contribution is 5.94. The highest BCUT2D eigenvalue weighted by atomic mass is 19.1. The molecule has 0 saturated heterocycles. The van der Waals surface area contributed by atoms with Gasteiger partial charge in [0.1, 0.15) is 17.2 Å². The van der Waals surface area contributed by atoms with Crippen molar-refractivity contribution in [3.05, 3.63) is 59.2 Å². The number of nitrogens with one attached hydrogen (secondary N) is 1. The average molecular weight is 307 g/mol. The van der Waals surface area contributed by atoms with E-state index in [1.54, 1.807) is 18.2 Å². The van der Waals surface area contributed by atoms with Gasteiger partial charge in [-0.2, -0.15) is 0 Å². The molecule has 22 heavy (non-hydrogen) atoms. The molecule has 0 saturated carbocycles. The number of hydrogen-bond donors (Lipinski definition) is 1. The molecule has 1 amide bonds.